The van der Waals surface area contributed by atoms with E-state index in [-0.39, 0.29) is 6.54 Å². The van der Waals surface area contributed by atoms with Crippen molar-refractivity contribution in [2.24, 2.45) is 0 Å². The van der Waals surface area contributed by atoms with Crippen LogP contribution in [-0.2, 0) is 9.59 Å². The zero-order valence-electron chi connectivity index (χ0n) is 16.9. The van der Waals surface area contributed by atoms with E-state index in [0.717, 1.165) is 11.1 Å². The summed E-state index contributed by atoms with van der Waals surface area (Å²) < 4.78 is 13.2. The van der Waals surface area contributed by atoms with Crippen molar-refractivity contribution in [1.29, 1.82) is 0 Å². The molecule has 4 amide bonds. The largest absolute Gasteiger partial charge is 0.325 e. The number of hydrogen-bond donors (Lipinski definition) is 3. The van der Waals surface area contributed by atoms with E-state index in [1.165, 1.54) is 23.1 Å². The molecule has 0 saturated carbocycles. The Kier molecular flexibility index (Phi) is 7.44. The number of halogens is 1. The Morgan fingerprint density at radius 3 is 2.45 bits per heavy atom. The van der Waals surface area contributed by atoms with Crippen LogP contribution in [-0.4, -0.2) is 42.4 Å². The van der Waals surface area contributed by atoms with Crippen molar-refractivity contribution in [1.82, 2.24) is 10.2 Å². The Morgan fingerprint density at radius 2 is 1.79 bits per heavy atom. The van der Waals surface area contributed by atoms with Crippen LogP contribution in [0.5, 0.6) is 0 Å². The van der Waals surface area contributed by atoms with Crippen molar-refractivity contribution in [3.63, 3.8) is 0 Å². The molecule has 7 nitrogen and oxygen atoms in total. The first-order valence-electron chi connectivity index (χ1n) is 9.10. The molecule has 1 atom stereocenters. The van der Waals surface area contributed by atoms with Gasteiger partial charge in [-0.25, -0.2) is 9.18 Å². The number of anilines is 2. The molecule has 0 saturated heterocycles. The number of rotatable bonds is 6. The second kappa shape index (κ2) is 9.79. The van der Waals surface area contributed by atoms with Gasteiger partial charge >= 0.3 is 6.03 Å². The van der Waals surface area contributed by atoms with Crippen LogP contribution in [0.2, 0.25) is 0 Å². The lowest BCUT2D eigenvalue weighted by Gasteiger charge is -2.23. The molecule has 0 aromatic heterocycles. The minimum atomic E-state index is -0.738. The van der Waals surface area contributed by atoms with Crippen LogP contribution in [0.25, 0.3) is 0 Å². The highest BCUT2D eigenvalue weighted by Crippen LogP contribution is 2.15. The second-order valence-electron chi connectivity index (χ2n) is 6.91. The molecule has 0 aliphatic carbocycles. The normalized spacial score (nSPS) is 11.7. The van der Waals surface area contributed by atoms with Gasteiger partial charge in [0.15, 0.2) is 0 Å². The predicted octanol–water partition coefficient (Wildman–Crippen LogP) is 3.05. The van der Waals surface area contributed by atoms with Crippen LogP contribution in [0.1, 0.15) is 18.1 Å². The highest BCUT2D eigenvalue weighted by Gasteiger charge is 2.22. The Bertz CT molecular complexity index is 917. The highest BCUT2D eigenvalue weighted by atomic mass is 19.1. The standard InChI is InChI=1S/C21H25FN4O3/c1-13-8-9-18(14(2)10-13)24-21(29)25-20(28)15(3)26(4)12-19(27)23-17-7-5-6-16(22)11-17/h5-11,15H,12H2,1-4H3,(H,23,27)(H2,24,25,28,29)/t15-/m1/s1. The van der Waals surface area contributed by atoms with Gasteiger partial charge in [0, 0.05) is 11.4 Å². The molecule has 0 radical (unpaired) electrons. The van der Waals surface area contributed by atoms with Gasteiger partial charge in [-0.05, 0) is 57.6 Å². The van der Waals surface area contributed by atoms with E-state index in [2.05, 4.69) is 16.0 Å². The minimum absolute atomic E-state index is 0.107. The molecule has 2 aromatic rings. The number of imide groups is 1. The lowest BCUT2D eigenvalue weighted by Crippen LogP contribution is -2.48. The highest BCUT2D eigenvalue weighted by molar-refractivity contribution is 6.03. The number of nitrogens with zero attached hydrogens (tertiary/aromatic N) is 1. The van der Waals surface area contributed by atoms with Gasteiger partial charge in [-0.1, -0.05) is 23.8 Å². The molecule has 0 aliphatic heterocycles. The summed E-state index contributed by atoms with van der Waals surface area (Å²) in [6.07, 6.45) is 0. The molecular weight excluding hydrogens is 375 g/mol. The average Bonchev–Trinajstić information content (AvgIpc) is 2.63. The Morgan fingerprint density at radius 1 is 1.07 bits per heavy atom. The first-order valence-corrected chi connectivity index (χ1v) is 9.10. The molecule has 0 aliphatic rings. The summed E-state index contributed by atoms with van der Waals surface area (Å²) in [6, 6.07) is 9.69. The molecule has 2 rings (SSSR count). The third kappa shape index (κ3) is 6.69. The number of nitrogens with one attached hydrogen (secondary N) is 3. The molecule has 8 heteroatoms. The number of aryl methyl sites for hydroxylation is 2. The maximum atomic E-state index is 13.2. The van der Waals surface area contributed by atoms with Crippen molar-refractivity contribution in [3.05, 3.63) is 59.4 Å². The molecule has 154 valence electrons. The quantitative estimate of drug-likeness (QED) is 0.695. The van der Waals surface area contributed by atoms with Crippen molar-refractivity contribution in [3.8, 4) is 0 Å². The van der Waals surface area contributed by atoms with Gasteiger partial charge in [0.05, 0.1) is 12.6 Å². The molecular formula is C21H25FN4O3. The van der Waals surface area contributed by atoms with Gasteiger partial charge in [-0.2, -0.15) is 0 Å². The third-order valence-corrected chi connectivity index (χ3v) is 4.41. The van der Waals surface area contributed by atoms with Crippen LogP contribution in [0, 0.1) is 19.7 Å². The Hall–Kier alpha value is -3.26. The van der Waals surface area contributed by atoms with Crippen molar-refractivity contribution >= 4 is 29.2 Å². The monoisotopic (exact) mass is 400 g/mol. The number of hydrogen-bond acceptors (Lipinski definition) is 4. The summed E-state index contributed by atoms with van der Waals surface area (Å²) >= 11 is 0. The lowest BCUT2D eigenvalue weighted by atomic mass is 10.1. The zero-order chi connectivity index (χ0) is 21.6. The first kappa shape index (κ1) is 22.0. The Labute approximate surface area is 169 Å². The zero-order valence-corrected chi connectivity index (χ0v) is 16.9. The number of likely N-dealkylation sites (N-methyl/N-ethyl adjacent to an activating group) is 1. The Balaban J connectivity index is 1.86. The van der Waals surface area contributed by atoms with E-state index >= 15 is 0 Å². The van der Waals surface area contributed by atoms with E-state index in [0.29, 0.717) is 11.4 Å². The molecule has 0 bridgehead atoms. The van der Waals surface area contributed by atoms with E-state index in [1.807, 2.05) is 26.0 Å². The van der Waals surface area contributed by atoms with E-state index < -0.39 is 29.7 Å². The fourth-order valence-corrected chi connectivity index (χ4v) is 2.65. The molecule has 0 unspecified atom stereocenters. The van der Waals surface area contributed by atoms with Gasteiger partial charge in [0.1, 0.15) is 5.82 Å². The molecule has 29 heavy (non-hydrogen) atoms. The van der Waals surface area contributed by atoms with Gasteiger partial charge in [0.25, 0.3) is 0 Å². The number of amides is 4. The third-order valence-electron chi connectivity index (χ3n) is 4.41. The van der Waals surface area contributed by atoms with E-state index in [9.17, 15) is 18.8 Å². The topological polar surface area (TPSA) is 90.5 Å². The fraction of sp³-hybridized carbons (Fsp3) is 0.286. The number of urea groups is 1. The van der Waals surface area contributed by atoms with Gasteiger partial charge in [0.2, 0.25) is 11.8 Å². The van der Waals surface area contributed by atoms with Crippen molar-refractivity contribution < 1.29 is 18.8 Å². The maximum absolute atomic E-state index is 13.2. The van der Waals surface area contributed by atoms with E-state index in [4.69, 9.17) is 0 Å². The maximum Gasteiger partial charge on any atom is 0.325 e. The average molecular weight is 400 g/mol. The fourth-order valence-electron chi connectivity index (χ4n) is 2.65. The summed E-state index contributed by atoms with van der Waals surface area (Å²) in [4.78, 5) is 38.0. The smallest absolute Gasteiger partial charge is 0.325 e. The number of carbonyl (C=O) groups excluding carboxylic acids is 3. The number of benzene rings is 2. The first-order chi connectivity index (χ1) is 13.7. The minimum Gasteiger partial charge on any atom is -0.325 e. The van der Waals surface area contributed by atoms with Gasteiger partial charge < -0.3 is 10.6 Å². The summed E-state index contributed by atoms with van der Waals surface area (Å²) in [7, 11) is 1.58. The van der Waals surface area contributed by atoms with Crippen LogP contribution >= 0.6 is 0 Å². The summed E-state index contributed by atoms with van der Waals surface area (Å²) in [5.41, 5.74) is 2.88. The molecule has 0 fully saturated rings. The van der Waals surface area contributed by atoms with Crippen molar-refractivity contribution in [2.75, 3.05) is 24.2 Å². The van der Waals surface area contributed by atoms with Crippen molar-refractivity contribution in [2.45, 2.75) is 26.8 Å². The van der Waals surface area contributed by atoms with Gasteiger partial charge in [-0.15, -0.1) is 0 Å². The predicted molar refractivity (Wildman–Crippen MR) is 110 cm³/mol. The van der Waals surface area contributed by atoms with E-state index in [1.54, 1.807) is 26.1 Å². The van der Waals surface area contributed by atoms with Gasteiger partial charge in [-0.3, -0.25) is 19.8 Å². The van der Waals surface area contributed by atoms with Crippen LogP contribution in [0.4, 0.5) is 20.6 Å². The number of carbonyl (C=O) groups is 3. The molecule has 0 heterocycles. The summed E-state index contributed by atoms with van der Waals surface area (Å²) in [5, 5.41) is 7.47. The summed E-state index contributed by atoms with van der Waals surface area (Å²) in [6.45, 7) is 5.28. The van der Waals surface area contributed by atoms with Crippen LogP contribution in [0.3, 0.4) is 0 Å². The molecule has 2 aromatic carbocycles. The SMILES string of the molecule is Cc1ccc(NC(=O)NC(=O)[C@@H](C)N(C)CC(=O)Nc2cccc(F)c2)c(C)c1. The lowest BCUT2D eigenvalue weighted by molar-refractivity contribution is -0.125. The summed E-state index contributed by atoms with van der Waals surface area (Å²) in [5.74, 6) is -1.41. The van der Waals surface area contributed by atoms with Crippen LogP contribution in [0.15, 0.2) is 42.5 Å². The molecule has 3 N–H and O–H groups in total. The second-order valence-corrected chi connectivity index (χ2v) is 6.91. The van der Waals surface area contributed by atoms with Crippen LogP contribution < -0.4 is 16.0 Å². The molecule has 0 spiro atoms.